The fraction of sp³-hybridized carbons (Fsp3) is 0.571. The molecule has 0 aromatic heterocycles. The lowest BCUT2D eigenvalue weighted by Crippen LogP contribution is -2.30. The molecule has 1 aliphatic carbocycles. The number of nitrogens with two attached hydrogens (primary N) is 1. The summed E-state index contributed by atoms with van der Waals surface area (Å²) in [7, 11) is 0. The van der Waals surface area contributed by atoms with Crippen molar-refractivity contribution in [2.24, 2.45) is 11.7 Å². The Morgan fingerprint density at radius 1 is 1.35 bits per heavy atom. The zero-order chi connectivity index (χ0) is 12.0. The second-order valence-electron chi connectivity index (χ2n) is 5.49. The molecule has 1 heterocycles. The smallest absolute Gasteiger partial charge is 0.0354 e. The van der Waals surface area contributed by atoms with E-state index < -0.39 is 0 Å². The molecule has 3 atom stereocenters. The van der Waals surface area contributed by atoms with Crippen molar-refractivity contribution in [3.63, 3.8) is 0 Å². The number of benzene rings is 1. The minimum atomic E-state index is 0.356. The van der Waals surface area contributed by atoms with Gasteiger partial charge in [0.15, 0.2) is 0 Å². The molecule has 2 N–H and O–H groups in total. The lowest BCUT2D eigenvalue weighted by molar-refractivity contribution is 0.236. The maximum atomic E-state index is 6.13. The van der Waals surface area contributed by atoms with E-state index >= 15 is 0 Å². The number of likely N-dealkylation sites (tertiary alicyclic amines) is 1. The van der Waals surface area contributed by atoms with Gasteiger partial charge in [-0.1, -0.05) is 28.9 Å². The van der Waals surface area contributed by atoms with Crippen LogP contribution in [0.15, 0.2) is 22.7 Å². The predicted molar refractivity (Wildman–Crippen MR) is 73.9 cm³/mol. The average molecular weight is 295 g/mol. The quantitative estimate of drug-likeness (QED) is 0.863. The second-order valence-corrected chi connectivity index (χ2v) is 6.41. The molecule has 0 amide bonds. The van der Waals surface area contributed by atoms with Crippen LogP contribution < -0.4 is 5.73 Å². The highest BCUT2D eigenvalue weighted by Gasteiger charge is 2.35. The summed E-state index contributed by atoms with van der Waals surface area (Å²) in [6.45, 7) is 4.48. The van der Waals surface area contributed by atoms with Crippen molar-refractivity contribution in [3.05, 3.63) is 33.8 Å². The number of rotatable bonds is 1. The number of hydrogen-bond donors (Lipinski definition) is 1. The van der Waals surface area contributed by atoms with Gasteiger partial charge in [0.25, 0.3) is 0 Å². The number of fused-ring (bicyclic) bond motifs is 1. The first-order valence-electron chi connectivity index (χ1n) is 6.43. The normalized spacial score (nSPS) is 33.0. The largest absolute Gasteiger partial charge is 0.326 e. The van der Waals surface area contributed by atoms with Gasteiger partial charge in [-0.25, -0.2) is 0 Å². The fourth-order valence-corrected chi connectivity index (χ4v) is 3.64. The third kappa shape index (κ3) is 2.05. The van der Waals surface area contributed by atoms with Crippen LogP contribution in [0.1, 0.15) is 30.5 Å². The van der Waals surface area contributed by atoms with E-state index in [0.717, 1.165) is 13.1 Å². The summed E-state index contributed by atoms with van der Waals surface area (Å²) in [4.78, 5) is 2.58. The maximum Gasteiger partial charge on any atom is 0.0354 e. The van der Waals surface area contributed by atoms with Crippen molar-refractivity contribution in [1.29, 1.82) is 0 Å². The third-order valence-electron chi connectivity index (χ3n) is 4.29. The van der Waals surface area contributed by atoms with E-state index in [9.17, 15) is 0 Å². The highest BCUT2D eigenvalue weighted by Crippen LogP contribution is 2.39. The van der Waals surface area contributed by atoms with Crippen molar-refractivity contribution >= 4 is 15.9 Å². The van der Waals surface area contributed by atoms with Crippen LogP contribution in [0.2, 0.25) is 0 Å². The summed E-state index contributed by atoms with van der Waals surface area (Å²) in [5, 5.41) is 0. The summed E-state index contributed by atoms with van der Waals surface area (Å²) in [6.07, 6.45) is 2.46. The zero-order valence-electron chi connectivity index (χ0n) is 10.2. The van der Waals surface area contributed by atoms with Crippen LogP contribution in [-0.4, -0.2) is 24.0 Å². The first-order valence-corrected chi connectivity index (χ1v) is 7.22. The van der Waals surface area contributed by atoms with E-state index in [1.165, 1.54) is 28.4 Å². The molecule has 92 valence electrons. The minimum Gasteiger partial charge on any atom is -0.326 e. The van der Waals surface area contributed by atoms with Crippen LogP contribution in [0.25, 0.3) is 0 Å². The van der Waals surface area contributed by atoms with Gasteiger partial charge < -0.3 is 5.73 Å². The second kappa shape index (κ2) is 4.38. The van der Waals surface area contributed by atoms with Crippen LogP contribution in [-0.2, 0) is 6.42 Å². The van der Waals surface area contributed by atoms with Crippen LogP contribution in [0.5, 0.6) is 0 Å². The van der Waals surface area contributed by atoms with Crippen molar-refractivity contribution in [2.75, 3.05) is 13.1 Å². The van der Waals surface area contributed by atoms with Gasteiger partial charge in [-0.05, 0) is 42.0 Å². The molecule has 3 unspecified atom stereocenters. The Balaban J connectivity index is 1.84. The van der Waals surface area contributed by atoms with E-state index in [-0.39, 0.29) is 0 Å². The molecule has 1 aromatic carbocycles. The van der Waals surface area contributed by atoms with Crippen molar-refractivity contribution < 1.29 is 0 Å². The molecular formula is C14H19BrN2. The Morgan fingerprint density at radius 2 is 2.18 bits per heavy atom. The molecule has 0 saturated carbocycles. The number of aryl methyl sites for hydroxylation is 1. The highest BCUT2D eigenvalue weighted by molar-refractivity contribution is 9.10. The molecule has 2 nitrogen and oxygen atoms in total. The maximum absolute atomic E-state index is 6.13. The number of nitrogens with zero attached hydrogens (tertiary/aromatic N) is 1. The summed E-state index contributed by atoms with van der Waals surface area (Å²) >= 11 is 3.55. The summed E-state index contributed by atoms with van der Waals surface area (Å²) in [5.74, 6) is 0.634. The summed E-state index contributed by atoms with van der Waals surface area (Å²) in [6, 6.07) is 7.68. The molecule has 1 saturated heterocycles. The Bertz CT molecular complexity index is 422. The Labute approximate surface area is 111 Å². The SMILES string of the molecule is CC1CN(C2CCc3cc(Br)ccc32)CC1N. The third-order valence-corrected chi connectivity index (χ3v) is 4.78. The summed E-state index contributed by atoms with van der Waals surface area (Å²) < 4.78 is 1.20. The van der Waals surface area contributed by atoms with Crippen LogP contribution in [0, 0.1) is 5.92 Å². The van der Waals surface area contributed by atoms with E-state index in [1.54, 1.807) is 0 Å². The van der Waals surface area contributed by atoms with Gasteiger partial charge in [-0.15, -0.1) is 0 Å². The standard InChI is InChI=1S/C14H19BrN2/c1-9-7-17(8-13(9)16)14-5-2-10-6-11(15)3-4-12(10)14/h3-4,6,9,13-14H,2,5,7-8,16H2,1H3. The Morgan fingerprint density at radius 3 is 2.88 bits per heavy atom. The van der Waals surface area contributed by atoms with Gasteiger partial charge >= 0.3 is 0 Å². The van der Waals surface area contributed by atoms with Gasteiger partial charge in [-0.2, -0.15) is 0 Å². The molecule has 17 heavy (non-hydrogen) atoms. The molecule has 1 fully saturated rings. The lowest BCUT2D eigenvalue weighted by atomic mass is 10.1. The lowest BCUT2D eigenvalue weighted by Gasteiger charge is -2.24. The first kappa shape index (κ1) is 11.7. The molecule has 1 aromatic rings. The highest BCUT2D eigenvalue weighted by atomic mass is 79.9. The van der Waals surface area contributed by atoms with E-state index in [4.69, 9.17) is 5.73 Å². The molecule has 3 rings (SSSR count). The zero-order valence-corrected chi connectivity index (χ0v) is 11.8. The van der Waals surface area contributed by atoms with Crippen LogP contribution in [0.3, 0.4) is 0 Å². The number of halogens is 1. The topological polar surface area (TPSA) is 29.3 Å². The molecule has 2 aliphatic rings. The van der Waals surface area contributed by atoms with E-state index in [1.807, 2.05) is 0 Å². The number of hydrogen-bond acceptors (Lipinski definition) is 2. The monoisotopic (exact) mass is 294 g/mol. The van der Waals surface area contributed by atoms with Gasteiger partial charge in [0, 0.05) is 29.6 Å². The van der Waals surface area contributed by atoms with Gasteiger partial charge in [0.05, 0.1) is 0 Å². The molecule has 1 aliphatic heterocycles. The van der Waals surface area contributed by atoms with Crippen molar-refractivity contribution in [1.82, 2.24) is 4.90 Å². The Hall–Kier alpha value is -0.380. The molecule has 0 bridgehead atoms. The van der Waals surface area contributed by atoms with Crippen LogP contribution in [0.4, 0.5) is 0 Å². The van der Waals surface area contributed by atoms with Crippen LogP contribution >= 0.6 is 15.9 Å². The molecule has 0 spiro atoms. The van der Waals surface area contributed by atoms with Gasteiger partial charge in [0.1, 0.15) is 0 Å². The predicted octanol–water partition coefficient (Wildman–Crippen LogP) is 2.72. The summed E-state index contributed by atoms with van der Waals surface area (Å²) in [5.41, 5.74) is 9.17. The fourth-order valence-electron chi connectivity index (χ4n) is 3.23. The average Bonchev–Trinajstić information content (AvgIpc) is 2.83. The van der Waals surface area contributed by atoms with Crippen molar-refractivity contribution in [2.45, 2.75) is 31.8 Å². The Kier molecular flexibility index (Phi) is 3.01. The van der Waals surface area contributed by atoms with E-state index in [2.05, 4.69) is 46.0 Å². The minimum absolute atomic E-state index is 0.356. The van der Waals surface area contributed by atoms with Gasteiger partial charge in [0.2, 0.25) is 0 Å². The first-order chi connectivity index (χ1) is 8.15. The molecule has 3 heteroatoms. The van der Waals surface area contributed by atoms with Gasteiger partial charge in [-0.3, -0.25) is 4.90 Å². The van der Waals surface area contributed by atoms with Crippen molar-refractivity contribution in [3.8, 4) is 0 Å². The molecular weight excluding hydrogens is 276 g/mol. The molecule has 0 radical (unpaired) electrons. The van der Waals surface area contributed by atoms with E-state index in [0.29, 0.717) is 18.0 Å².